The van der Waals surface area contributed by atoms with E-state index >= 15 is 0 Å². The van der Waals surface area contributed by atoms with Crippen molar-refractivity contribution in [3.05, 3.63) is 58.8 Å². The van der Waals surface area contributed by atoms with Crippen molar-refractivity contribution in [2.75, 3.05) is 5.32 Å². The molecule has 2 saturated heterocycles. The van der Waals surface area contributed by atoms with Gasteiger partial charge in [-0.2, -0.15) is 0 Å². The van der Waals surface area contributed by atoms with E-state index in [0.717, 1.165) is 5.56 Å². The summed E-state index contributed by atoms with van der Waals surface area (Å²) in [6, 6.07) is 7.73. The Morgan fingerprint density at radius 2 is 1.86 bits per heavy atom. The highest BCUT2D eigenvalue weighted by Gasteiger charge is 2.76. The molecule has 190 valence electrons. The second kappa shape index (κ2) is 8.18. The number of likely N-dealkylation sites (tertiary alicyclic amines) is 1. The molecule has 3 aliphatic rings. The highest BCUT2D eigenvalue weighted by Crippen LogP contribution is 2.60. The number of ether oxygens (including phenoxy) is 1. The Morgan fingerprint density at radius 1 is 1.17 bits per heavy atom. The maximum absolute atomic E-state index is 14.0. The highest BCUT2D eigenvalue weighted by atomic mass is 35.5. The van der Waals surface area contributed by atoms with Crippen molar-refractivity contribution in [3.63, 3.8) is 0 Å². The summed E-state index contributed by atoms with van der Waals surface area (Å²) in [5, 5.41) is 10.2. The van der Waals surface area contributed by atoms with Crippen LogP contribution in [0.5, 0.6) is 0 Å². The van der Waals surface area contributed by atoms with E-state index in [1.165, 1.54) is 4.90 Å². The molecule has 0 radical (unpaired) electrons. The number of amides is 3. The van der Waals surface area contributed by atoms with Crippen LogP contribution in [0, 0.1) is 18.8 Å². The summed E-state index contributed by atoms with van der Waals surface area (Å²) in [6.07, 6.45) is 3.58. The lowest BCUT2D eigenvalue weighted by Crippen LogP contribution is -2.57. The summed E-state index contributed by atoms with van der Waals surface area (Å²) in [5.74, 6) is -2.03. The number of benzene rings is 1. The fraction of sp³-hybridized carbons (Fsp3) is 0.462. The van der Waals surface area contributed by atoms with Crippen molar-refractivity contribution in [2.24, 2.45) is 11.8 Å². The molecule has 1 aromatic heterocycles. The fourth-order valence-electron chi connectivity index (χ4n) is 5.65. The number of aromatic nitrogens is 1. The summed E-state index contributed by atoms with van der Waals surface area (Å²) in [7, 11) is 0. The van der Waals surface area contributed by atoms with Crippen LogP contribution >= 0.6 is 11.6 Å². The minimum atomic E-state index is -1.28. The third-order valence-corrected chi connectivity index (χ3v) is 7.22. The Morgan fingerprint density at radius 3 is 2.47 bits per heavy atom. The molecular weight excluding hydrogens is 484 g/mol. The van der Waals surface area contributed by atoms with Gasteiger partial charge in [-0.15, -0.1) is 0 Å². The molecule has 5 atom stereocenters. The largest absolute Gasteiger partial charge is 0.360 e. The summed E-state index contributed by atoms with van der Waals surface area (Å²) in [4.78, 5) is 42.8. The maximum Gasteiger partial charge on any atom is 0.246 e. The van der Waals surface area contributed by atoms with Crippen molar-refractivity contribution < 1.29 is 23.6 Å². The van der Waals surface area contributed by atoms with Gasteiger partial charge in [-0.05, 0) is 52.3 Å². The Labute approximate surface area is 214 Å². The molecule has 4 heterocycles. The summed E-state index contributed by atoms with van der Waals surface area (Å²) < 4.78 is 11.6. The molecule has 3 amide bonds. The van der Waals surface area contributed by atoms with Crippen LogP contribution in [-0.4, -0.2) is 50.6 Å². The number of hydrogen-bond acceptors (Lipinski definition) is 6. The molecule has 2 fully saturated rings. The molecule has 36 heavy (non-hydrogen) atoms. The number of aryl methyl sites for hydroxylation is 1. The average molecular weight is 513 g/mol. The van der Waals surface area contributed by atoms with Crippen LogP contribution in [0.2, 0.25) is 5.02 Å². The van der Waals surface area contributed by atoms with E-state index in [1.807, 2.05) is 32.9 Å². The SMILES string of the molecule is Cc1cc(NC(=O)[C@H]2[C@H]3C(=O)N(Cc4ccc(Cl)cc4)[C@H](C(=O)NC(C)(C)C)[C@@]34C=C[C@]2(C)O4)no1. The smallest absolute Gasteiger partial charge is 0.246 e. The number of carbonyl (C=O) groups excluding carboxylic acids is 3. The zero-order chi connectivity index (χ0) is 26.0. The van der Waals surface area contributed by atoms with E-state index in [-0.39, 0.29) is 24.2 Å². The first kappa shape index (κ1) is 24.5. The van der Waals surface area contributed by atoms with Crippen molar-refractivity contribution in [3.8, 4) is 0 Å². The van der Waals surface area contributed by atoms with Crippen LogP contribution in [0.25, 0.3) is 0 Å². The molecule has 2 aromatic rings. The van der Waals surface area contributed by atoms with Crippen molar-refractivity contribution in [1.82, 2.24) is 15.4 Å². The van der Waals surface area contributed by atoms with E-state index in [9.17, 15) is 14.4 Å². The van der Waals surface area contributed by atoms with E-state index in [4.69, 9.17) is 20.9 Å². The van der Waals surface area contributed by atoms with Gasteiger partial charge in [0.25, 0.3) is 0 Å². The number of carbonyl (C=O) groups is 3. The molecule has 1 aromatic carbocycles. The first-order valence-corrected chi connectivity index (χ1v) is 12.2. The normalized spacial score (nSPS) is 30.6. The van der Waals surface area contributed by atoms with Gasteiger partial charge in [0, 0.05) is 23.2 Å². The molecule has 1 spiro atoms. The van der Waals surface area contributed by atoms with Crippen molar-refractivity contribution in [1.29, 1.82) is 0 Å². The van der Waals surface area contributed by atoms with Crippen LogP contribution < -0.4 is 10.6 Å². The molecule has 2 bridgehead atoms. The highest BCUT2D eigenvalue weighted by molar-refractivity contribution is 6.30. The van der Waals surface area contributed by atoms with Gasteiger partial charge in [-0.3, -0.25) is 14.4 Å². The predicted octanol–water partition coefficient (Wildman–Crippen LogP) is 3.23. The van der Waals surface area contributed by atoms with Gasteiger partial charge >= 0.3 is 0 Å². The summed E-state index contributed by atoms with van der Waals surface area (Å²) in [6.45, 7) is 9.28. The van der Waals surface area contributed by atoms with Crippen LogP contribution in [0.4, 0.5) is 5.82 Å². The predicted molar refractivity (Wildman–Crippen MR) is 132 cm³/mol. The lowest BCUT2D eigenvalue weighted by Gasteiger charge is -2.35. The van der Waals surface area contributed by atoms with Gasteiger partial charge in [0.1, 0.15) is 17.4 Å². The van der Waals surface area contributed by atoms with E-state index in [1.54, 1.807) is 44.2 Å². The van der Waals surface area contributed by atoms with Gasteiger partial charge < -0.3 is 24.8 Å². The third-order valence-electron chi connectivity index (χ3n) is 6.97. The van der Waals surface area contributed by atoms with Gasteiger partial charge in [-0.1, -0.05) is 41.0 Å². The summed E-state index contributed by atoms with van der Waals surface area (Å²) in [5.41, 5.74) is -2.07. The number of hydrogen-bond donors (Lipinski definition) is 2. The number of anilines is 1. The quantitative estimate of drug-likeness (QED) is 0.594. The number of rotatable bonds is 5. The number of nitrogens with one attached hydrogen (secondary N) is 2. The van der Waals surface area contributed by atoms with Gasteiger partial charge in [0.15, 0.2) is 5.82 Å². The number of halogens is 1. The second-order valence-corrected chi connectivity index (χ2v) is 11.4. The van der Waals surface area contributed by atoms with Crippen LogP contribution in [0.15, 0.2) is 47.0 Å². The molecule has 2 N–H and O–H groups in total. The molecule has 5 rings (SSSR count). The van der Waals surface area contributed by atoms with Gasteiger partial charge in [-0.25, -0.2) is 0 Å². The third kappa shape index (κ3) is 3.90. The Balaban J connectivity index is 1.54. The van der Waals surface area contributed by atoms with Crippen molar-refractivity contribution >= 4 is 35.1 Å². The van der Waals surface area contributed by atoms with Crippen LogP contribution in [0.3, 0.4) is 0 Å². The van der Waals surface area contributed by atoms with Gasteiger partial charge in [0.2, 0.25) is 17.7 Å². The fourth-order valence-corrected chi connectivity index (χ4v) is 5.78. The molecule has 9 nitrogen and oxygen atoms in total. The zero-order valence-electron chi connectivity index (χ0n) is 20.8. The Kier molecular flexibility index (Phi) is 5.57. The van der Waals surface area contributed by atoms with Crippen LogP contribution in [-0.2, 0) is 25.7 Å². The number of nitrogens with zero attached hydrogens (tertiary/aromatic N) is 2. The standard InChI is InChI=1S/C26H29ClN4O5/c1-14-12-17(30-35-14)28-21(32)18-19-23(34)31(13-15-6-8-16(27)9-7-15)20(22(33)29-24(2,3)4)26(19)11-10-25(18,5)36-26/h6-12,18-20H,13H2,1-5H3,(H,29,33)(H,28,30,32)/t18-,19+,20-,25+,26-/m1/s1. The second-order valence-electron chi connectivity index (χ2n) is 11.0. The number of fused-ring (bicyclic) bond motifs is 1. The minimum Gasteiger partial charge on any atom is -0.360 e. The lowest BCUT2D eigenvalue weighted by atomic mass is 9.70. The van der Waals surface area contributed by atoms with Crippen molar-refractivity contribution in [2.45, 2.75) is 63.9 Å². The topological polar surface area (TPSA) is 114 Å². The van der Waals surface area contributed by atoms with E-state index in [2.05, 4.69) is 15.8 Å². The average Bonchev–Trinajstić information content (AvgIpc) is 3.46. The Bertz CT molecular complexity index is 1270. The summed E-state index contributed by atoms with van der Waals surface area (Å²) >= 11 is 6.04. The van der Waals surface area contributed by atoms with Crippen LogP contribution in [0.1, 0.15) is 39.0 Å². The molecule has 10 heteroatoms. The first-order valence-electron chi connectivity index (χ1n) is 11.8. The minimum absolute atomic E-state index is 0.168. The maximum atomic E-state index is 14.0. The Hall–Kier alpha value is -3.17. The molecular formula is C26H29ClN4O5. The van der Waals surface area contributed by atoms with E-state index < -0.39 is 40.5 Å². The van der Waals surface area contributed by atoms with Gasteiger partial charge in [0.05, 0.1) is 17.4 Å². The molecule has 0 saturated carbocycles. The zero-order valence-corrected chi connectivity index (χ0v) is 21.6. The van der Waals surface area contributed by atoms with E-state index in [0.29, 0.717) is 10.8 Å². The lowest BCUT2D eigenvalue weighted by molar-refractivity contribution is -0.145. The first-order chi connectivity index (χ1) is 16.8. The molecule has 0 unspecified atom stereocenters. The monoisotopic (exact) mass is 512 g/mol. The molecule has 3 aliphatic heterocycles. The molecule has 0 aliphatic carbocycles.